The number of phenolic OH excluding ortho intramolecular Hbond substituents is 1. The summed E-state index contributed by atoms with van der Waals surface area (Å²) >= 11 is 5.84. The first kappa shape index (κ1) is 16.5. The van der Waals surface area contributed by atoms with E-state index >= 15 is 0 Å². The topological polar surface area (TPSA) is 78.4 Å². The third kappa shape index (κ3) is 2.50. The summed E-state index contributed by atoms with van der Waals surface area (Å²) in [6, 6.07) is 6.45. The van der Waals surface area contributed by atoms with Crippen molar-refractivity contribution in [2.45, 2.75) is 6.42 Å². The second-order valence-electron chi connectivity index (χ2n) is 5.97. The van der Waals surface area contributed by atoms with Gasteiger partial charge in [0.1, 0.15) is 11.6 Å². The van der Waals surface area contributed by atoms with Crippen LogP contribution in [0.2, 0.25) is 5.02 Å². The third-order valence-corrected chi connectivity index (χ3v) is 4.66. The molecule has 0 saturated heterocycles. The molecular formula is C19H14ClFN2O3. The minimum Gasteiger partial charge on any atom is -0.505 e. The number of methoxy groups -OCH3 is 1. The fraction of sp³-hybridized carbons (Fsp3) is 0.105. The van der Waals surface area contributed by atoms with E-state index in [9.17, 15) is 14.6 Å². The zero-order chi connectivity index (χ0) is 18.4. The Morgan fingerprint density at radius 1 is 1.19 bits per heavy atom. The van der Waals surface area contributed by atoms with Crippen molar-refractivity contribution in [3.05, 3.63) is 58.6 Å². The first-order chi connectivity index (χ1) is 12.5. The molecule has 0 aliphatic carbocycles. The number of H-pyrrole nitrogens is 1. The number of hydrogen-bond acceptors (Lipinski definition) is 4. The molecule has 7 heteroatoms. The Hall–Kier alpha value is -2.99. The van der Waals surface area contributed by atoms with E-state index in [-0.39, 0.29) is 22.0 Å². The molecule has 4 aromatic rings. The number of phenols is 1. The van der Waals surface area contributed by atoms with Crippen molar-refractivity contribution in [2.24, 2.45) is 0 Å². The molecule has 2 aromatic heterocycles. The van der Waals surface area contributed by atoms with Crippen LogP contribution in [-0.2, 0) is 6.42 Å². The fourth-order valence-corrected chi connectivity index (χ4v) is 3.38. The number of aromatic hydroxyl groups is 2. The van der Waals surface area contributed by atoms with Crippen molar-refractivity contribution in [1.29, 1.82) is 0 Å². The number of rotatable bonds is 3. The second kappa shape index (κ2) is 6.07. The number of nitrogens with one attached hydrogen (secondary N) is 1. The average molecular weight is 373 g/mol. The molecular weight excluding hydrogens is 359 g/mol. The van der Waals surface area contributed by atoms with Gasteiger partial charge in [0.15, 0.2) is 5.75 Å². The molecule has 2 heterocycles. The van der Waals surface area contributed by atoms with E-state index in [1.54, 1.807) is 18.3 Å². The van der Waals surface area contributed by atoms with Crippen molar-refractivity contribution in [3.63, 3.8) is 0 Å². The van der Waals surface area contributed by atoms with Gasteiger partial charge in [-0.1, -0.05) is 17.7 Å². The van der Waals surface area contributed by atoms with Crippen LogP contribution < -0.4 is 4.74 Å². The smallest absolute Gasteiger partial charge is 0.222 e. The van der Waals surface area contributed by atoms with Crippen LogP contribution in [0, 0.1) is 5.82 Å². The highest BCUT2D eigenvalue weighted by Crippen LogP contribution is 2.44. The van der Waals surface area contributed by atoms with E-state index < -0.39 is 5.82 Å². The number of aromatic nitrogens is 2. The Balaban J connectivity index is 1.88. The highest BCUT2D eigenvalue weighted by atomic mass is 35.5. The number of benzene rings is 2. The first-order valence-corrected chi connectivity index (χ1v) is 8.19. The zero-order valence-corrected chi connectivity index (χ0v) is 14.4. The number of pyridine rings is 1. The molecule has 5 nitrogen and oxygen atoms in total. The lowest BCUT2D eigenvalue weighted by molar-refractivity contribution is 0.423. The van der Waals surface area contributed by atoms with Gasteiger partial charge in [-0.15, -0.1) is 0 Å². The number of aromatic amines is 1. The van der Waals surface area contributed by atoms with Gasteiger partial charge in [-0.25, -0.2) is 9.37 Å². The van der Waals surface area contributed by atoms with Crippen molar-refractivity contribution in [1.82, 2.24) is 9.97 Å². The van der Waals surface area contributed by atoms with Gasteiger partial charge < -0.3 is 19.9 Å². The molecule has 0 aliphatic rings. The zero-order valence-electron chi connectivity index (χ0n) is 13.7. The Morgan fingerprint density at radius 3 is 2.73 bits per heavy atom. The molecule has 4 rings (SSSR count). The van der Waals surface area contributed by atoms with Gasteiger partial charge in [-0.05, 0) is 35.7 Å². The van der Waals surface area contributed by atoms with Crippen molar-refractivity contribution < 1.29 is 19.3 Å². The molecule has 0 aliphatic heterocycles. The lowest BCUT2D eigenvalue weighted by Crippen LogP contribution is -1.94. The van der Waals surface area contributed by atoms with Gasteiger partial charge in [0.25, 0.3) is 0 Å². The van der Waals surface area contributed by atoms with Gasteiger partial charge in [-0.2, -0.15) is 0 Å². The van der Waals surface area contributed by atoms with Crippen molar-refractivity contribution in [2.75, 3.05) is 7.11 Å². The average Bonchev–Trinajstić information content (AvgIpc) is 3.00. The van der Waals surface area contributed by atoms with Crippen LogP contribution in [0.15, 0.2) is 36.7 Å². The summed E-state index contributed by atoms with van der Waals surface area (Å²) in [4.78, 5) is 6.89. The third-order valence-electron chi connectivity index (χ3n) is 4.37. The maximum atomic E-state index is 13.3. The van der Waals surface area contributed by atoms with Crippen molar-refractivity contribution >= 4 is 33.3 Å². The summed E-state index contributed by atoms with van der Waals surface area (Å²) in [6.07, 6.45) is 3.70. The van der Waals surface area contributed by atoms with E-state index in [1.165, 1.54) is 19.4 Å². The molecule has 0 bridgehead atoms. The van der Waals surface area contributed by atoms with Crippen LogP contribution >= 0.6 is 11.6 Å². The molecule has 0 radical (unpaired) electrons. The predicted molar refractivity (Wildman–Crippen MR) is 97.7 cm³/mol. The number of ether oxygens (including phenoxy) is 1. The molecule has 0 unspecified atom stereocenters. The molecule has 0 atom stereocenters. The van der Waals surface area contributed by atoms with E-state index in [0.29, 0.717) is 28.5 Å². The van der Waals surface area contributed by atoms with Crippen LogP contribution in [-0.4, -0.2) is 27.3 Å². The predicted octanol–water partition coefficient (Wildman–Crippen LogP) is 4.52. The minimum atomic E-state index is -0.460. The number of halogens is 2. The summed E-state index contributed by atoms with van der Waals surface area (Å²) in [5.74, 6) is -0.313. The quantitative estimate of drug-likeness (QED) is 0.494. The molecule has 0 spiro atoms. The maximum absolute atomic E-state index is 13.3. The first-order valence-electron chi connectivity index (χ1n) is 7.81. The number of hydrogen-bond donors (Lipinski definition) is 3. The fourth-order valence-electron chi connectivity index (χ4n) is 3.18. The normalized spacial score (nSPS) is 11.3. The molecule has 26 heavy (non-hydrogen) atoms. The minimum absolute atomic E-state index is 0.0718. The molecule has 132 valence electrons. The summed E-state index contributed by atoms with van der Waals surface area (Å²) in [5, 5.41) is 21.9. The lowest BCUT2D eigenvalue weighted by atomic mass is 10.0. The Labute approximate surface area is 152 Å². The maximum Gasteiger partial charge on any atom is 0.222 e. The lowest BCUT2D eigenvalue weighted by Gasteiger charge is -2.12. The summed E-state index contributed by atoms with van der Waals surface area (Å²) in [7, 11) is 1.52. The molecule has 0 fully saturated rings. The number of fused-ring (bicyclic) bond motifs is 2. The van der Waals surface area contributed by atoms with Gasteiger partial charge in [0.05, 0.1) is 28.4 Å². The van der Waals surface area contributed by atoms with Gasteiger partial charge in [-0.3, -0.25) is 0 Å². The SMILES string of the molecule is COc1c2cc(Cc3ccc(F)c(Cl)c3)c[nH]c2c(O)c2c(O)ncc12. The van der Waals surface area contributed by atoms with E-state index in [0.717, 1.165) is 11.1 Å². The standard InChI is InChI=1S/C19H14ClFN2O3/c1-26-18-11-5-10(4-9-2-3-14(21)13(20)6-9)7-22-16(11)17(24)15-12(18)8-23-19(15)25/h2-3,5-8,22,24-25H,4H2,1H3. The summed E-state index contributed by atoms with van der Waals surface area (Å²) in [6.45, 7) is 0. The van der Waals surface area contributed by atoms with Crippen LogP contribution in [0.1, 0.15) is 11.1 Å². The van der Waals surface area contributed by atoms with E-state index in [1.807, 2.05) is 6.07 Å². The summed E-state index contributed by atoms with van der Waals surface area (Å²) in [5.41, 5.74) is 2.17. The van der Waals surface area contributed by atoms with Gasteiger partial charge in [0.2, 0.25) is 5.88 Å². The monoisotopic (exact) mass is 372 g/mol. The largest absolute Gasteiger partial charge is 0.505 e. The van der Waals surface area contributed by atoms with Gasteiger partial charge in [0, 0.05) is 17.8 Å². The van der Waals surface area contributed by atoms with Crippen molar-refractivity contribution in [3.8, 4) is 17.4 Å². The Bertz CT molecular complexity index is 1160. The molecule has 0 saturated carbocycles. The van der Waals surface area contributed by atoms with Crippen LogP contribution in [0.5, 0.6) is 17.4 Å². The second-order valence-corrected chi connectivity index (χ2v) is 6.38. The Kier molecular flexibility index (Phi) is 3.85. The molecule has 3 N–H and O–H groups in total. The highest BCUT2D eigenvalue weighted by molar-refractivity contribution is 6.30. The van der Waals surface area contributed by atoms with Crippen LogP contribution in [0.25, 0.3) is 21.7 Å². The van der Waals surface area contributed by atoms with E-state index in [4.69, 9.17) is 16.3 Å². The Morgan fingerprint density at radius 2 is 2.00 bits per heavy atom. The van der Waals surface area contributed by atoms with Crippen LogP contribution in [0.4, 0.5) is 4.39 Å². The summed E-state index contributed by atoms with van der Waals surface area (Å²) < 4.78 is 18.8. The highest BCUT2D eigenvalue weighted by Gasteiger charge is 2.19. The molecule has 2 aromatic carbocycles. The molecule has 0 amide bonds. The van der Waals surface area contributed by atoms with Crippen LogP contribution in [0.3, 0.4) is 0 Å². The number of nitrogens with zero attached hydrogens (tertiary/aromatic N) is 1. The van der Waals surface area contributed by atoms with E-state index in [2.05, 4.69) is 9.97 Å². The van der Waals surface area contributed by atoms with Gasteiger partial charge >= 0.3 is 0 Å².